The van der Waals surface area contributed by atoms with E-state index in [4.69, 9.17) is 14.7 Å². The van der Waals surface area contributed by atoms with Gasteiger partial charge in [-0.2, -0.15) is 15.2 Å². The Labute approximate surface area is 382 Å². The van der Waals surface area contributed by atoms with Gasteiger partial charge in [0.15, 0.2) is 0 Å². The van der Waals surface area contributed by atoms with Crippen molar-refractivity contribution in [1.29, 1.82) is 5.26 Å². The third kappa shape index (κ3) is 7.80. The van der Waals surface area contributed by atoms with Crippen LogP contribution in [0.25, 0.3) is 10.8 Å². The lowest BCUT2D eigenvalue weighted by molar-refractivity contribution is -0.129. The molecule has 5 heterocycles. The Morgan fingerprint density at radius 3 is 2.15 bits per heavy atom. The van der Waals surface area contributed by atoms with Gasteiger partial charge in [0.2, 0.25) is 0 Å². The largest absolute Gasteiger partial charge is 0.462 e. The van der Waals surface area contributed by atoms with Crippen LogP contribution in [0.4, 0.5) is 11.5 Å². The van der Waals surface area contributed by atoms with Gasteiger partial charge in [0.05, 0.1) is 37.4 Å². The summed E-state index contributed by atoms with van der Waals surface area (Å²) in [4.78, 5) is 37.0. The number of fused-ring (bicyclic) bond motifs is 2. The van der Waals surface area contributed by atoms with E-state index >= 15 is 4.79 Å². The first-order chi connectivity index (χ1) is 31.9. The number of ether oxygens (including phenoxy) is 1. The molecule has 2 fully saturated rings. The molecule has 2 atom stereocenters. The summed E-state index contributed by atoms with van der Waals surface area (Å²) in [5.74, 6) is 0.604. The lowest BCUT2D eigenvalue weighted by Crippen LogP contribution is -2.49. The van der Waals surface area contributed by atoms with Crippen molar-refractivity contribution in [2.75, 3.05) is 49.8 Å². The third-order valence-corrected chi connectivity index (χ3v) is 13.7. The number of likely N-dealkylation sites (N-methyl/N-ethyl adjacent to an activating group) is 1. The fourth-order valence-electron chi connectivity index (χ4n) is 10.5. The second-order valence-corrected chi connectivity index (χ2v) is 17.6. The van der Waals surface area contributed by atoms with E-state index in [1.165, 1.54) is 22.0 Å². The van der Waals surface area contributed by atoms with Crippen LogP contribution in [0.1, 0.15) is 52.8 Å². The standard InChI is InChI=1S/C55H54N8O2/c1-40-18-15-19-41-20-16-29-49(51(40)41)60-35-31-47-48(37-60)57-54(65-38-46-27-17-33-59(46)2)58-52(47)61-36-45(30-32-56)62(39-61)53(64)50-28-13-6-14-34-63(50)55(42-21-7-3-8-22-42,43-23-9-4-10-24-43)44-25-11-5-12-26-44/h3-16,18-26,28-29,34,45-46H,17,27,30-31,33,35-39H2,1-2H3. The van der Waals surface area contributed by atoms with E-state index < -0.39 is 11.6 Å². The number of likely N-dealkylation sites (tertiary alicyclic amines) is 1. The van der Waals surface area contributed by atoms with Crippen LogP contribution in [0, 0.1) is 18.3 Å². The van der Waals surface area contributed by atoms with Crippen LogP contribution in [0.2, 0.25) is 0 Å². The zero-order valence-corrected chi connectivity index (χ0v) is 37.1. The highest BCUT2D eigenvalue weighted by Crippen LogP contribution is 2.46. The smallest absolute Gasteiger partial charge is 0.318 e. The molecule has 0 spiro atoms. The number of aromatic nitrogens is 2. The zero-order chi connectivity index (χ0) is 44.3. The van der Waals surface area contributed by atoms with Crippen LogP contribution in [-0.2, 0) is 23.3 Å². The van der Waals surface area contributed by atoms with Gasteiger partial charge in [-0.15, -0.1) is 0 Å². The molecular weight excluding hydrogens is 805 g/mol. The number of hydrogen-bond donors (Lipinski definition) is 0. The molecule has 10 heteroatoms. The number of benzene rings is 5. The number of rotatable bonds is 11. The maximum Gasteiger partial charge on any atom is 0.318 e. The van der Waals surface area contributed by atoms with Gasteiger partial charge in [-0.3, -0.25) is 4.79 Å². The van der Waals surface area contributed by atoms with Crippen molar-refractivity contribution < 1.29 is 9.53 Å². The summed E-state index contributed by atoms with van der Waals surface area (Å²) < 4.78 is 6.52. The molecule has 326 valence electrons. The molecule has 5 aromatic carbocycles. The van der Waals surface area contributed by atoms with Crippen molar-refractivity contribution in [2.45, 2.75) is 56.8 Å². The normalized spacial score (nSPS) is 18.7. The molecule has 6 aromatic rings. The number of hydrogen-bond acceptors (Lipinski definition) is 9. The molecule has 10 nitrogen and oxygen atoms in total. The minimum Gasteiger partial charge on any atom is -0.462 e. The van der Waals surface area contributed by atoms with Gasteiger partial charge in [-0.1, -0.05) is 133 Å². The number of anilines is 2. The average molecular weight is 859 g/mol. The molecule has 0 saturated carbocycles. The minimum atomic E-state index is -0.933. The zero-order valence-electron chi connectivity index (χ0n) is 37.1. The van der Waals surface area contributed by atoms with Gasteiger partial charge < -0.3 is 29.2 Å². The van der Waals surface area contributed by atoms with Crippen LogP contribution in [0.3, 0.4) is 0 Å². The lowest BCUT2D eigenvalue weighted by Gasteiger charge is -2.46. The number of allylic oxidation sites excluding steroid dienone is 4. The fraction of sp³-hybridized carbons (Fsp3) is 0.273. The van der Waals surface area contributed by atoms with E-state index in [1.54, 1.807) is 0 Å². The quantitative estimate of drug-likeness (QED) is 0.118. The first kappa shape index (κ1) is 41.8. The highest BCUT2D eigenvalue weighted by molar-refractivity contribution is 5.97. The Morgan fingerprint density at radius 2 is 1.49 bits per heavy atom. The van der Waals surface area contributed by atoms with Gasteiger partial charge in [0, 0.05) is 42.0 Å². The van der Waals surface area contributed by atoms with Gasteiger partial charge in [0.1, 0.15) is 23.7 Å². The van der Waals surface area contributed by atoms with Crippen molar-refractivity contribution >= 4 is 28.2 Å². The Balaban J connectivity index is 1.04. The summed E-state index contributed by atoms with van der Waals surface area (Å²) >= 11 is 0. The van der Waals surface area contributed by atoms with Crippen LogP contribution in [0.15, 0.2) is 164 Å². The second-order valence-electron chi connectivity index (χ2n) is 17.6. The predicted octanol–water partition coefficient (Wildman–Crippen LogP) is 9.12. The van der Waals surface area contributed by atoms with E-state index in [1.807, 2.05) is 53.6 Å². The molecule has 0 bridgehead atoms. The van der Waals surface area contributed by atoms with Gasteiger partial charge >= 0.3 is 6.01 Å². The molecule has 4 aliphatic rings. The number of amides is 1. The maximum absolute atomic E-state index is 15.7. The third-order valence-electron chi connectivity index (χ3n) is 13.7. The van der Waals surface area contributed by atoms with Crippen molar-refractivity contribution in [3.63, 3.8) is 0 Å². The van der Waals surface area contributed by atoms with Gasteiger partial charge in [0.25, 0.3) is 5.91 Å². The SMILES string of the molecule is Cc1cccc2cccc(N3CCc4c(nc(OCC5CCCN5C)nc4N4CC(CC#N)N(C(=O)C5=CC=CC=CN5C(c5ccccc5)(c5ccccc5)c5ccccc5)C4)C3)c12. The lowest BCUT2D eigenvalue weighted by atomic mass is 9.75. The molecule has 4 aliphatic heterocycles. The topological polar surface area (TPSA) is 92.1 Å². The predicted molar refractivity (Wildman–Crippen MR) is 257 cm³/mol. The Kier molecular flexibility index (Phi) is 11.6. The van der Waals surface area contributed by atoms with Crippen molar-refractivity contribution in [3.05, 3.63) is 197 Å². The second kappa shape index (κ2) is 18.1. The first-order valence-corrected chi connectivity index (χ1v) is 22.8. The summed E-state index contributed by atoms with van der Waals surface area (Å²) in [6.07, 6.45) is 12.9. The molecule has 65 heavy (non-hydrogen) atoms. The Bertz CT molecular complexity index is 2720. The van der Waals surface area contributed by atoms with E-state index in [2.05, 4.69) is 149 Å². The monoisotopic (exact) mass is 858 g/mol. The molecule has 2 unspecified atom stereocenters. The minimum absolute atomic E-state index is 0.168. The highest BCUT2D eigenvalue weighted by Gasteiger charge is 2.46. The van der Waals surface area contributed by atoms with Crippen LogP contribution < -0.4 is 14.5 Å². The molecule has 10 rings (SSSR count). The van der Waals surface area contributed by atoms with E-state index in [0.717, 1.165) is 59.7 Å². The average Bonchev–Trinajstić information content (AvgIpc) is 3.88. The van der Waals surface area contributed by atoms with E-state index in [0.29, 0.717) is 43.9 Å². The summed E-state index contributed by atoms with van der Waals surface area (Å²) in [7, 11) is 2.15. The van der Waals surface area contributed by atoms with Gasteiger partial charge in [-0.25, -0.2) is 0 Å². The molecule has 0 radical (unpaired) electrons. The fourth-order valence-corrected chi connectivity index (χ4v) is 10.5. The van der Waals surface area contributed by atoms with E-state index in [9.17, 15) is 5.26 Å². The molecular formula is C55H54N8O2. The van der Waals surface area contributed by atoms with Crippen molar-refractivity contribution in [2.24, 2.45) is 0 Å². The number of carbonyl (C=O) groups excluding carboxylic acids is 1. The molecule has 0 N–H and O–H groups in total. The van der Waals surface area contributed by atoms with Gasteiger partial charge in [-0.05, 0) is 85.6 Å². The van der Waals surface area contributed by atoms with Crippen LogP contribution >= 0.6 is 0 Å². The molecule has 1 amide bonds. The van der Waals surface area contributed by atoms with E-state index in [-0.39, 0.29) is 19.0 Å². The number of nitriles is 1. The van der Waals surface area contributed by atoms with Crippen molar-refractivity contribution in [3.8, 4) is 12.1 Å². The summed E-state index contributed by atoms with van der Waals surface area (Å²) in [5, 5.41) is 12.8. The number of carbonyl (C=O) groups is 1. The number of aryl methyl sites for hydroxylation is 1. The summed E-state index contributed by atoms with van der Waals surface area (Å²) in [6, 6.07) is 46.9. The summed E-state index contributed by atoms with van der Waals surface area (Å²) in [6.45, 7) is 5.79. The maximum atomic E-state index is 15.7. The number of nitrogens with zero attached hydrogens (tertiary/aromatic N) is 8. The highest BCUT2D eigenvalue weighted by atomic mass is 16.5. The summed E-state index contributed by atoms with van der Waals surface area (Å²) in [5.41, 5.74) is 7.01. The molecule has 1 aromatic heterocycles. The van der Waals surface area contributed by atoms with Crippen LogP contribution in [-0.4, -0.2) is 82.6 Å². The molecule has 2 saturated heterocycles. The Hall–Kier alpha value is -7.22. The van der Waals surface area contributed by atoms with Crippen molar-refractivity contribution in [1.82, 2.24) is 24.7 Å². The first-order valence-electron chi connectivity index (χ1n) is 22.8. The Morgan fingerprint density at radius 1 is 0.800 bits per heavy atom. The van der Waals surface area contributed by atoms with Crippen LogP contribution in [0.5, 0.6) is 6.01 Å². The molecule has 0 aliphatic carbocycles.